The van der Waals surface area contributed by atoms with Crippen LogP contribution in [-0.4, -0.2) is 76.4 Å². The topological polar surface area (TPSA) is 116 Å². The van der Waals surface area contributed by atoms with Gasteiger partial charge in [-0.1, -0.05) is 13.8 Å². The number of nitrogens with zero attached hydrogens (tertiary/aromatic N) is 5. The molecule has 0 radical (unpaired) electrons. The second-order valence-electron chi connectivity index (χ2n) is 7.99. The first-order valence-electron chi connectivity index (χ1n) is 11.8. The molecular weight excluding hydrogens is 524 g/mol. The molecule has 3 heterocycles. The first-order valence-corrected chi connectivity index (χ1v) is 11.8. The van der Waals surface area contributed by atoms with Gasteiger partial charge < -0.3 is 19.9 Å². The Kier molecular flexibility index (Phi) is 10.9. The van der Waals surface area contributed by atoms with Crippen molar-refractivity contribution in [1.29, 1.82) is 0 Å². The standard InChI is InChI=1S/C20H23F6N7O3.C2H6/c1-12(30-14-10-29-31-17(35)16(14)20(24,25)26)11-36-7-2-15(34)32-3-5-33(6-4-32)18-27-8-13(9-28-18)19(21,22)23;1-2/h8-10,12H,2-7,11H2,1H3,(H2,30,31,35);1-2H3/t12-;/m0./s1. The number of piperazine rings is 1. The number of carbonyl (C=O) groups is 1. The zero-order valence-electron chi connectivity index (χ0n) is 21.0. The number of halogens is 6. The number of anilines is 2. The van der Waals surface area contributed by atoms with E-state index in [4.69, 9.17) is 4.74 Å². The lowest BCUT2D eigenvalue weighted by Gasteiger charge is -2.34. The van der Waals surface area contributed by atoms with Crippen LogP contribution in [0.4, 0.5) is 38.0 Å². The van der Waals surface area contributed by atoms with Crippen LogP contribution < -0.4 is 15.8 Å². The van der Waals surface area contributed by atoms with Crippen LogP contribution in [0.3, 0.4) is 0 Å². The van der Waals surface area contributed by atoms with Gasteiger partial charge in [-0.3, -0.25) is 9.59 Å². The van der Waals surface area contributed by atoms with Gasteiger partial charge in [0, 0.05) is 44.6 Å². The van der Waals surface area contributed by atoms with Crippen molar-refractivity contribution in [2.24, 2.45) is 0 Å². The summed E-state index contributed by atoms with van der Waals surface area (Å²) in [4.78, 5) is 34.7. The predicted molar refractivity (Wildman–Crippen MR) is 126 cm³/mol. The van der Waals surface area contributed by atoms with Crippen molar-refractivity contribution in [3.8, 4) is 0 Å². The predicted octanol–water partition coefficient (Wildman–Crippen LogP) is 3.18. The van der Waals surface area contributed by atoms with E-state index in [9.17, 15) is 35.9 Å². The van der Waals surface area contributed by atoms with Gasteiger partial charge in [-0.15, -0.1) is 0 Å². The Morgan fingerprint density at radius 3 is 2.21 bits per heavy atom. The lowest BCUT2D eigenvalue weighted by Crippen LogP contribution is -2.49. The third-order valence-corrected chi connectivity index (χ3v) is 5.25. The van der Waals surface area contributed by atoms with Gasteiger partial charge >= 0.3 is 12.4 Å². The van der Waals surface area contributed by atoms with Crippen molar-refractivity contribution in [2.45, 2.75) is 45.6 Å². The molecule has 10 nitrogen and oxygen atoms in total. The smallest absolute Gasteiger partial charge is 0.379 e. The summed E-state index contributed by atoms with van der Waals surface area (Å²) in [6.07, 6.45) is -7.08. The van der Waals surface area contributed by atoms with Gasteiger partial charge in [-0.05, 0) is 6.92 Å². The van der Waals surface area contributed by atoms with Crippen molar-refractivity contribution < 1.29 is 35.9 Å². The molecule has 3 rings (SSSR count). The van der Waals surface area contributed by atoms with Gasteiger partial charge in [0.05, 0.1) is 37.1 Å². The van der Waals surface area contributed by atoms with Crippen LogP contribution in [0.15, 0.2) is 23.4 Å². The molecule has 0 aromatic carbocycles. The van der Waals surface area contributed by atoms with E-state index in [2.05, 4.69) is 20.4 Å². The molecule has 1 aliphatic rings. The number of rotatable bonds is 8. The SMILES string of the molecule is CC.C[C@@H](COCCC(=O)N1CCN(c2ncc(C(F)(F)F)cn2)CC1)Nc1cn[nH]c(=O)c1C(F)(F)F. The molecule has 0 spiro atoms. The molecule has 2 aromatic heterocycles. The molecule has 1 aliphatic heterocycles. The van der Waals surface area contributed by atoms with Crippen molar-refractivity contribution >= 4 is 17.5 Å². The minimum absolute atomic E-state index is 0.0207. The van der Waals surface area contributed by atoms with Crippen LogP contribution in [0.1, 0.15) is 38.3 Å². The van der Waals surface area contributed by atoms with Gasteiger partial charge in [0.1, 0.15) is 5.56 Å². The fourth-order valence-corrected chi connectivity index (χ4v) is 3.46. The van der Waals surface area contributed by atoms with Crippen molar-refractivity contribution in [3.05, 3.63) is 40.1 Å². The highest BCUT2D eigenvalue weighted by Crippen LogP contribution is 2.31. The van der Waals surface area contributed by atoms with Crippen LogP contribution in [0.2, 0.25) is 0 Å². The molecule has 212 valence electrons. The van der Waals surface area contributed by atoms with Gasteiger partial charge in [0.15, 0.2) is 0 Å². The zero-order chi connectivity index (χ0) is 28.5. The number of ether oxygens (including phenoxy) is 1. The molecule has 1 saturated heterocycles. The Bertz CT molecular complexity index is 1080. The van der Waals surface area contributed by atoms with Gasteiger partial charge in [0.25, 0.3) is 5.56 Å². The Labute approximate surface area is 214 Å². The number of alkyl halides is 6. The highest BCUT2D eigenvalue weighted by molar-refractivity contribution is 5.76. The summed E-state index contributed by atoms with van der Waals surface area (Å²) >= 11 is 0. The summed E-state index contributed by atoms with van der Waals surface area (Å²) in [6, 6.07) is -0.614. The maximum atomic E-state index is 13.1. The molecule has 1 fully saturated rings. The van der Waals surface area contributed by atoms with E-state index in [-0.39, 0.29) is 31.5 Å². The van der Waals surface area contributed by atoms with Crippen LogP contribution in [0, 0.1) is 0 Å². The van der Waals surface area contributed by atoms with E-state index in [1.165, 1.54) is 0 Å². The average molecular weight is 554 g/mol. The third-order valence-electron chi connectivity index (χ3n) is 5.25. The van der Waals surface area contributed by atoms with E-state index in [0.29, 0.717) is 38.6 Å². The summed E-state index contributed by atoms with van der Waals surface area (Å²) in [5.41, 5.74) is -4.18. The maximum Gasteiger partial charge on any atom is 0.423 e. The molecule has 0 bridgehead atoms. The van der Waals surface area contributed by atoms with E-state index in [1.54, 1.807) is 21.8 Å². The molecule has 2 aromatic rings. The number of carbonyl (C=O) groups excluding carboxylic acids is 1. The highest BCUT2D eigenvalue weighted by atomic mass is 19.4. The number of amides is 1. The lowest BCUT2D eigenvalue weighted by molar-refractivity contribution is -0.139. The number of H-pyrrole nitrogens is 1. The molecule has 16 heteroatoms. The quantitative estimate of drug-likeness (QED) is 0.378. The molecule has 0 unspecified atom stereocenters. The van der Waals surface area contributed by atoms with E-state index >= 15 is 0 Å². The normalized spacial score (nSPS) is 15.0. The fourth-order valence-electron chi connectivity index (χ4n) is 3.46. The second-order valence-corrected chi connectivity index (χ2v) is 7.99. The van der Waals surface area contributed by atoms with Crippen LogP contribution >= 0.6 is 0 Å². The average Bonchev–Trinajstić information content (AvgIpc) is 2.86. The molecular formula is C22H29F6N7O3. The number of aromatic amines is 1. The summed E-state index contributed by atoms with van der Waals surface area (Å²) < 4.78 is 82.6. The minimum atomic E-state index is -4.87. The first kappa shape index (κ1) is 30.8. The van der Waals surface area contributed by atoms with Crippen LogP contribution in [0.25, 0.3) is 0 Å². The summed E-state index contributed by atoms with van der Waals surface area (Å²) in [7, 11) is 0. The number of hydrogen-bond acceptors (Lipinski definition) is 8. The molecule has 1 atom stereocenters. The van der Waals surface area contributed by atoms with Gasteiger partial charge in [-0.25, -0.2) is 15.1 Å². The van der Waals surface area contributed by atoms with Crippen molar-refractivity contribution in [2.75, 3.05) is 49.6 Å². The summed E-state index contributed by atoms with van der Waals surface area (Å²) in [6.45, 7) is 6.85. The zero-order valence-corrected chi connectivity index (χ0v) is 21.0. The van der Waals surface area contributed by atoms with Gasteiger partial charge in [-0.2, -0.15) is 31.4 Å². The van der Waals surface area contributed by atoms with Crippen molar-refractivity contribution in [3.63, 3.8) is 0 Å². The van der Waals surface area contributed by atoms with Crippen LogP contribution in [0.5, 0.6) is 0 Å². The van der Waals surface area contributed by atoms with Crippen LogP contribution in [-0.2, 0) is 21.9 Å². The highest BCUT2D eigenvalue weighted by Gasteiger charge is 2.37. The number of aromatic nitrogens is 4. The maximum absolute atomic E-state index is 13.1. The van der Waals surface area contributed by atoms with E-state index in [1.807, 2.05) is 13.8 Å². The largest absolute Gasteiger partial charge is 0.423 e. The first-order chi connectivity index (χ1) is 17.9. The summed E-state index contributed by atoms with van der Waals surface area (Å²) in [5, 5.41) is 7.66. The number of nitrogens with one attached hydrogen (secondary N) is 2. The summed E-state index contributed by atoms with van der Waals surface area (Å²) in [5.74, 6) is -0.0639. The minimum Gasteiger partial charge on any atom is -0.379 e. The molecule has 38 heavy (non-hydrogen) atoms. The second kappa shape index (κ2) is 13.4. The Morgan fingerprint density at radius 1 is 1.05 bits per heavy atom. The third kappa shape index (κ3) is 8.56. The Balaban J connectivity index is 0.00000247. The van der Waals surface area contributed by atoms with Crippen molar-refractivity contribution in [1.82, 2.24) is 25.1 Å². The molecule has 0 saturated carbocycles. The molecule has 1 amide bonds. The van der Waals surface area contributed by atoms with E-state index in [0.717, 1.165) is 6.20 Å². The lowest BCUT2D eigenvalue weighted by atomic mass is 10.2. The Morgan fingerprint density at radius 2 is 1.66 bits per heavy atom. The fraction of sp³-hybridized carbons (Fsp3) is 0.591. The molecule has 0 aliphatic carbocycles. The monoisotopic (exact) mass is 553 g/mol. The van der Waals surface area contributed by atoms with E-state index < -0.39 is 40.8 Å². The molecule has 2 N–H and O–H groups in total. The van der Waals surface area contributed by atoms with Gasteiger partial charge in [0.2, 0.25) is 11.9 Å². The number of hydrogen-bond donors (Lipinski definition) is 2. The Hall–Kier alpha value is -3.43.